The summed E-state index contributed by atoms with van der Waals surface area (Å²) < 4.78 is 1.72. The van der Waals surface area contributed by atoms with Crippen LogP contribution in [0.1, 0.15) is 6.42 Å². The van der Waals surface area contributed by atoms with Gasteiger partial charge < -0.3 is 0 Å². The maximum absolute atomic E-state index is 11.4. The SMILES string of the molecule is O=C1CCn2nc(-c3cncc4ccccc34)nc2N1. The second-order valence-electron chi connectivity index (χ2n) is 4.69. The topological polar surface area (TPSA) is 72.7 Å². The normalized spacial score (nSPS) is 14.1. The first kappa shape index (κ1) is 11.1. The number of pyridine rings is 1. The maximum atomic E-state index is 11.4. The second kappa shape index (κ2) is 4.12. The molecule has 1 aliphatic heterocycles. The van der Waals surface area contributed by atoms with Crippen LogP contribution in [-0.4, -0.2) is 25.7 Å². The largest absolute Gasteiger partial charge is 0.295 e. The number of aryl methyl sites for hydroxylation is 1. The van der Waals surface area contributed by atoms with Crippen LogP contribution in [0, 0.1) is 0 Å². The molecular formula is C14H11N5O. The molecule has 1 aliphatic rings. The van der Waals surface area contributed by atoms with Crippen LogP contribution >= 0.6 is 0 Å². The van der Waals surface area contributed by atoms with Crippen LogP contribution in [0.4, 0.5) is 5.95 Å². The molecule has 0 aliphatic carbocycles. The van der Waals surface area contributed by atoms with Crippen molar-refractivity contribution < 1.29 is 4.79 Å². The molecule has 0 fully saturated rings. The van der Waals surface area contributed by atoms with Gasteiger partial charge in [0.1, 0.15) is 0 Å². The van der Waals surface area contributed by atoms with E-state index in [-0.39, 0.29) is 5.91 Å². The Labute approximate surface area is 114 Å². The van der Waals surface area contributed by atoms with Crippen molar-refractivity contribution in [3.8, 4) is 11.4 Å². The van der Waals surface area contributed by atoms with Crippen molar-refractivity contribution in [3.05, 3.63) is 36.7 Å². The molecule has 98 valence electrons. The molecule has 20 heavy (non-hydrogen) atoms. The highest BCUT2D eigenvalue weighted by Gasteiger charge is 2.20. The second-order valence-corrected chi connectivity index (χ2v) is 4.69. The van der Waals surface area contributed by atoms with Crippen LogP contribution < -0.4 is 5.32 Å². The highest BCUT2D eigenvalue weighted by atomic mass is 16.2. The Bertz CT molecular complexity index is 818. The zero-order valence-corrected chi connectivity index (χ0v) is 10.6. The van der Waals surface area contributed by atoms with Crippen molar-refractivity contribution in [1.29, 1.82) is 0 Å². The van der Waals surface area contributed by atoms with Crippen LogP contribution in [0.25, 0.3) is 22.2 Å². The zero-order chi connectivity index (χ0) is 13.5. The van der Waals surface area contributed by atoms with Crippen molar-refractivity contribution in [2.45, 2.75) is 13.0 Å². The lowest BCUT2D eigenvalue weighted by molar-refractivity contribution is -0.117. The Balaban J connectivity index is 1.90. The highest BCUT2D eigenvalue weighted by molar-refractivity contribution is 5.95. The minimum Gasteiger partial charge on any atom is -0.295 e. The van der Waals surface area contributed by atoms with Crippen molar-refractivity contribution >= 4 is 22.6 Å². The molecule has 0 saturated heterocycles. The van der Waals surface area contributed by atoms with Gasteiger partial charge in [-0.05, 0) is 5.39 Å². The average molecular weight is 265 g/mol. The zero-order valence-electron chi connectivity index (χ0n) is 10.6. The predicted octanol–water partition coefficient (Wildman–Crippen LogP) is 1.84. The third-order valence-electron chi connectivity index (χ3n) is 3.38. The molecule has 0 bridgehead atoms. The molecule has 0 unspecified atom stereocenters. The number of hydrogen-bond donors (Lipinski definition) is 1. The van der Waals surface area contributed by atoms with Crippen LogP contribution in [-0.2, 0) is 11.3 Å². The van der Waals surface area contributed by atoms with Gasteiger partial charge in [0.2, 0.25) is 11.9 Å². The first-order chi connectivity index (χ1) is 9.81. The average Bonchev–Trinajstić information content (AvgIpc) is 2.89. The maximum Gasteiger partial charge on any atom is 0.228 e. The van der Waals surface area contributed by atoms with Gasteiger partial charge in [-0.15, -0.1) is 5.10 Å². The number of fused-ring (bicyclic) bond motifs is 2. The molecular weight excluding hydrogens is 254 g/mol. The molecule has 0 spiro atoms. The van der Waals surface area contributed by atoms with E-state index in [1.165, 1.54) is 0 Å². The van der Waals surface area contributed by atoms with E-state index in [9.17, 15) is 4.79 Å². The molecule has 3 aromatic rings. The summed E-state index contributed by atoms with van der Waals surface area (Å²) in [4.78, 5) is 20.0. The minimum atomic E-state index is -0.0208. The fourth-order valence-corrected chi connectivity index (χ4v) is 2.39. The van der Waals surface area contributed by atoms with Crippen molar-refractivity contribution in [2.24, 2.45) is 0 Å². The van der Waals surface area contributed by atoms with E-state index in [2.05, 4.69) is 20.4 Å². The number of nitrogens with one attached hydrogen (secondary N) is 1. The summed E-state index contributed by atoms with van der Waals surface area (Å²) in [7, 11) is 0. The van der Waals surface area contributed by atoms with Crippen molar-refractivity contribution in [1.82, 2.24) is 19.7 Å². The first-order valence-electron chi connectivity index (χ1n) is 6.39. The summed E-state index contributed by atoms with van der Waals surface area (Å²) in [5.41, 5.74) is 0.874. The lowest BCUT2D eigenvalue weighted by Gasteiger charge is -2.11. The predicted molar refractivity (Wildman–Crippen MR) is 74.0 cm³/mol. The van der Waals surface area contributed by atoms with Gasteiger partial charge in [-0.25, -0.2) is 4.68 Å². The summed E-state index contributed by atoms with van der Waals surface area (Å²) in [5.74, 6) is 1.07. The quantitative estimate of drug-likeness (QED) is 0.728. The van der Waals surface area contributed by atoms with E-state index in [0.717, 1.165) is 16.3 Å². The number of nitrogens with zero attached hydrogens (tertiary/aromatic N) is 4. The van der Waals surface area contributed by atoms with Gasteiger partial charge in [0.05, 0.1) is 6.54 Å². The van der Waals surface area contributed by atoms with E-state index < -0.39 is 0 Å². The van der Waals surface area contributed by atoms with Gasteiger partial charge >= 0.3 is 0 Å². The first-order valence-corrected chi connectivity index (χ1v) is 6.39. The smallest absolute Gasteiger partial charge is 0.228 e. The molecule has 6 heteroatoms. The van der Waals surface area contributed by atoms with Crippen LogP contribution in [0.5, 0.6) is 0 Å². The molecule has 0 atom stereocenters. The molecule has 0 radical (unpaired) electrons. The third kappa shape index (κ3) is 1.65. The molecule has 0 saturated carbocycles. The van der Waals surface area contributed by atoms with E-state index >= 15 is 0 Å². The van der Waals surface area contributed by atoms with Gasteiger partial charge in [0, 0.05) is 29.8 Å². The number of hydrogen-bond acceptors (Lipinski definition) is 4. The Morgan fingerprint density at radius 2 is 2.10 bits per heavy atom. The van der Waals surface area contributed by atoms with Crippen LogP contribution in [0.15, 0.2) is 36.7 Å². The third-order valence-corrected chi connectivity index (χ3v) is 3.38. The van der Waals surface area contributed by atoms with Crippen molar-refractivity contribution in [3.63, 3.8) is 0 Å². The number of amides is 1. The highest BCUT2D eigenvalue weighted by Crippen LogP contribution is 2.26. The molecule has 2 aromatic heterocycles. The summed E-state index contributed by atoms with van der Waals surface area (Å²) in [6.45, 7) is 0.562. The molecule has 4 rings (SSSR count). The fourth-order valence-electron chi connectivity index (χ4n) is 2.39. The Morgan fingerprint density at radius 1 is 1.20 bits per heavy atom. The van der Waals surface area contributed by atoms with Crippen LogP contribution in [0.2, 0.25) is 0 Å². The van der Waals surface area contributed by atoms with Gasteiger partial charge in [-0.2, -0.15) is 4.98 Å². The Kier molecular flexibility index (Phi) is 2.29. The van der Waals surface area contributed by atoms with E-state index in [1.807, 2.05) is 30.5 Å². The molecule has 1 N–H and O–H groups in total. The monoisotopic (exact) mass is 265 g/mol. The Morgan fingerprint density at radius 3 is 3.05 bits per heavy atom. The number of aromatic nitrogens is 4. The lowest BCUT2D eigenvalue weighted by Crippen LogP contribution is -2.23. The summed E-state index contributed by atoms with van der Waals surface area (Å²) in [5, 5.41) is 9.28. The number of carbonyl (C=O) groups excluding carboxylic acids is 1. The number of carbonyl (C=O) groups is 1. The molecule has 1 amide bonds. The number of rotatable bonds is 1. The van der Waals surface area contributed by atoms with E-state index in [1.54, 1.807) is 10.9 Å². The van der Waals surface area contributed by atoms with E-state index in [4.69, 9.17) is 0 Å². The summed E-state index contributed by atoms with van der Waals surface area (Å²) in [6, 6.07) is 7.97. The van der Waals surface area contributed by atoms with E-state index in [0.29, 0.717) is 24.7 Å². The molecule has 1 aromatic carbocycles. The summed E-state index contributed by atoms with van der Waals surface area (Å²) >= 11 is 0. The molecule has 3 heterocycles. The minimum absolute atomic E-state index is 0.0208. The number of anilines is 1. The van der Waals surface area contributed by atoms with Crippen molar-refractivity contribution in [2.75, 3.05) is 5.32 Å². The fraction of sp³-hybridized carbons (Fsp3) is 0.143. The van der Waals surface area contributed by atoms with Gasteiger partial charge in [-0.3, -0.25) is 15.1 Å². The van der Waals surface area contributed by atoms with Gasteiger partial charge in [0.15, 0.2) is 5.82 Å². The summed E-state index contributed by atoms with van der Waals surface area (Å²) in [6.07, 6.45) is 4.01. The standard InChI is InChI=1S/C14H11N5O/c20-12-5-6-19-14(16-12)17-13(18-19)11-8-15-7-9-3-1-2-4-10(9)11/h1-4,7-8H,5-6H2,(H,16,17,18,20). The van der Waals surface area contributed by atoms with Crippen LogP contribution in [0.3, 0.4) is 0 Å². The van der Waals surface area contributed by atoms with Gasteiger partial charge in [0.25, 0.3) is 0 Å². The number of benzene rings is 1. The Hall–Kier alpha value is -2.76. The molecule has 6 nitrogen and oxygen atoms in total. The lowest BCUT2D eigenvalue weighted by atomic mass is 10.1. The van der Waals surface area contributed by atoms with Gasteiger partial charge in [-0.1, -0.05) is 24.3 Å².